The second kappa shape index (κ2) is 7.87. The number of aliphatic carboxylic acids is 1. The molecule has 2 atom stereocenters. The molecule has 1 aliphatic heterocycles. The molecule has 0 saturated carbocycles. The van der Waals surface area contributed by atoms with Crippen molar-refractivity contribution in [2.75, 3.05) is 12.3 Å². The van der Waals surface area contributed by atoms with Gasteiger partial charge in [0, 0.05) is 28.1 Å². The number of carbonyl (C=O) groups excluding carboxylic acids is 1. The average molecular weight is 388 g/mol. The zero-order chi connectivity index (χ0) is 16.1. The van der Waals surface area contributed by atoms with Crippen LogP contribution in [0.4, 0.5) is 0 Å². The highest BCUT2D eigenvalue weighted by molar-refractivity contribution is 9.10. The van der Waals surface area contributed by atoms with E-state index in [1.54, 1.807) is 12.1 Å². The Balaban J connectivity index is 1.80. The largest absolute Gasteiger partial charge is 0.480 e. The van der Waals surface area contributed by atoms with Crippen molar-refractivity contribution >= 4 is 38.6 Å². The van der Waals surface area contributed by atoms with Crippen LogP contribution in [0.3, 0.4) is 0 Å². The molecule has 1 aliphatic rings. The summed E-state index contributed by atoms with van der Waals surface area (Å²) in [7, 11) is -1.14. The van der Waals surface area contributed by atoms with Gasteiger partial charge in [0.1, 0.15) is 6.04 Å². The van der Waals surface area contributed by atoms with Gasteiger partial charge in [-0.2, -0.15) is 0 Å². The number of halogens is 1. The lowest BCUT2D eigenvalue weighted by molar-refractivity contribution is -0.148. The van der Waals surface area contributed by atoms with Crippen LogP contribution in [0.5, 0.6) is 0 Å². The summed E-state index contributed by atoms with van der Waals surface area (Å²) in [6.45, 7) is 0.506. The van der Waals surface area contributed by atoms with Gasteiger partial charge in [0.2, 0.25) is 5.91 Å². The highest BCUT2D eigenvalue weighted by atomic mass is 79.9. The molecular formula is C15H18BrNO4S. The summed E-state index contributed by atoms with van der Waals surface area (Å²) < 4.78 is 13.0. The molecule has 22 heavy (non-hydrogen) atoms. The number of benzene rings is 1. The lowest BCUT2D eigenvalue weighted by Gasteiger charge is -2.21. The molecule has 1 aromatic carbocycles. The van der Waals surface area contributed by atoms with Crippen molar-refractivity contribution in [3.05, 3.63) is 28.7 Å². The molecule has 1 fully saturated rings. The maximum absolute atomic E-state index is 12.1. The molecule has 1 aromatic rings. The highest BCUT2D eigenvalue weighted by Crippen LogP contribution is 2.19. The van der Waals surface area contributed by atoms with Gasteiger partial charge < -0.3 is 10.0 Å². The van der Waals surface area contributed by atoms with Crippen LogP contribution in [-0.4, -0.2) is 44.4 Å². The first-order valence-electron chi connectivity index (χ1n) is 7.15. The number of hydrogen-bond acceptors (Lipinski definition) is 3. The second-order valence-electron chi connectivity index (χ2n) is 5.19. The summed E-state index contributed by atoms with van der Waals surface area (Å²) >= 11 is 3.32. The highest BCUT2D eigenvalue weighted by Gasteiger charge is 2.33. The standard InChI is InChI=1S/C15H18BrNO4S/c16-11-5-7-12(8-6-11)22(21)10-2-4-14(18)17-9-1-3-13(17)15(19)20/h5-8,13H,1-4,9-10H2,(H,19,20)/t13-,22?/m0/s1. The second-order valence-corrected chi connectivity index (χ2v) is 7.68. The number of likely N-dealkylation sites (tertiary alicyclic amines) is 1. The van der Waals surface area contributed by atoms with Crippen LogP contribution in [-0.2, 0) is 20.4 Å². The first kappa shape index (κ1) is 17.1. The number of carboxylic acid groups (broad SMARTS) is 1. The van der Waals surface area contributed by atoms with Crippen LogP contribution in [0.15, 0.2) is 33.6 Å². The predicted octanol–water partition coefficient (Wildman–Crippen LogP) is 2.41. The van der Waals surface area contributed by atoms with E-state index < -0.39 is 22.8 Å². The molecule has 0 aliphatic carbocycles. The summed E-state index contributed by atoms with van der Waals surface area (Å²) in [6.07, 6.45) is 1.98. The van der Waals surface area contributed by atoms with E-state index >= 15 is 0 Å². The van der Waals surface area contributed by atoms with E-state index in [9.17, 15) is 13.8 Å². The topological polar surface area (TPSA) is 74.7 Å². The Labute approximate surface area is 140 Å². The zero-order valence-electron chi connectivity index (χ0n) is 12.0. The first-order chi connectivity index (χ1) is 10.5. The SMILES string of the molecule is O=C(O)[C@@H]1CCCN1C(=O)CCCS(=O)c1ccc(Br)cc1. The summed E-state index contributed by atoms with van der Waals surface area (Å²) in [5.41, 5.74) is 0. The van der Waals surface area contributed by atoms with Gasteiger partial charge in [0.15, 0.2) is 0 Å². The fraction of sp³-hybridized carbons (Fsp3) is 0.467. The van der Waals surface area contributed by atoms with Gasteiger partial charge in [-0.05, 0) is 43.5 Å². The minimum atomic E-state index is -1.14. The summed E-state index contributed by atoms with van der Waals surface area (Å²) in [4.78, 5) is 25.3. The van der Waals surface area contributed by atoms with Crippen molar-refractivity contribution in [1.82, 2.24) is 4.90 Å². The van der Waals surface area contributed by atoms with E-state index in [2.05, 4.69) is 15.9 Å². The van der Waals surface area contributed by atoms with Crippen molar-refractivity contribution in [1.29, 1.82) is 0 Å². The molecule has 1 N–H and O–H groups in total. The van der Waals surface area contributed by atoms with E-state index in [1.165, 1.54) is 4.90 Å². The number of carbonyl (C=O) groups is 2. The minimum absolute atomic E-state index is 0.155. The lowest BCUT2D eigenvalue weighted by atomic mass is 10.2. The molecule has 120 valence electrons. The Morgan fingerprint density at radius 1 is 1.32 bits per heavy atom. The quantitative estimate of drug-likeness (QED) is 0.812. The van der Waals surface area contributed by atoms with E-state index in [-0.39, 0.29) is 12.3 Å². The number of amides is 1. The van der Waals surface area contributed by atoms with Gasteiger partial charge in [0.25, 0.3) is 0 Å². The summed E-state index contributed by atoms with van der Waals surface area (Å²) in [5, 5.41) is 9.07. The molecule has 2 rings (SSSR count). The van der Waals surface area contributed by atoms with Crippen LogP contribution in [0.25, 0.3) is 0 Å². The third-order valence-electron chi connectivity index (χ3n) is 3.66. The van der Waals surface area contributed by atoms with Crippen molar-refractivity contribution in [3.63, 3.8) is 0 Å². The van der Waals surface area contributed by atoms with E-state index in [0.717, 1.165) is 15.8 Å². The van der Waals surface area contributed by atoms with E-state index in [1.807, 2.05) is 12.1 Å². The Bertz CT molecular complexity index is 575. The van der Waals surface area contributed by atoms with Gasteiger partial charge >= 0.3 is 5.97 Å². The Hall–Kier alpha value is -1.21. The summed E-state index contributed by atoms with van der Waals surface area (Å²) in [5.74, 6) is -0.694. The monoisotopic (exact) mass is 387 g/mol. The number of hydrogen-bond donors (Lipinski definition) is 1. The van der Waals surface area contributed by atoms with Crippen LogP contribution in [0.2, 0.25) is 0 Å². The molecule has 0 aromatic heterocycles. The molecular weight excluding hydrogens is 370 g/mol. The Morgan fingerprint density at radius 2 is 2.00 bits per heavy atom. The van der Waals surface area contributed by atoms with Crippen molar-refractivity contribution in [2.45, 2.75) is 36.6 Å². The molecule has 0 bridgehead atoms. The molecule has 5 nitrogen and oxygen atoms in total. The number of carboxylic acids is 1. The third-order valence-corrected chi connectivity index (χ3v) is 5.64. The van der Waals surface area contributed by atoms with E-state index in [0.29, 0.717) is 25.1 Å². The minimum Gasteiger partial charge on any atom is -0.480 e. The van der Waals surface area contributed by atoms with Crippen LogP contribution < -0.4 is 0 Å². The molecule has 1 heterocycles. The van der Waals surface area contributed by atoms with Gasteiger partial charge in [-0.3, -0.25) is 9.00 Å². The average Bonchev–Trinajstić information content (AvgIpc) is 2.97. The van der Waals surface area contributed by atoms with E-state index in [4.69, 9.17) is 5.11 Å². The third kappa shape index (κ3) is 4.39. The van der Waals surface area contributed by atoms with Crippen LogP contribution in [0.1, 0.15) is 25.7 Å². The van der Waals surface area contributed by atoms with Crippen molar-refractivity contribution in [2.24, 2.45) is 0 Å². The van der Waals surface area contributed by atoms with Gasteiger partial charge in [0.05, 0.1) is 10.8 Å². The molecule has 1 amide bonds. The van der Waals surface area contributed by atoms with Gasteiger partial charge in [-0.1, -0.05) is 15.9 Å². The van der Waals surface area contributed by atoms with Crippen LogP contribution >= 0.6 is 15.9 Å². The lowest BCUT2D eigenvalue weighted by Crippen LogP contribution is -2.40. The van der Waals surface area contributed by atoms with Crippen molar-refractivity contribution in [3.8, 4) is 0 Å². The van der Waals surface area contributed by atoms with Crippen LogP contribution in [0, 0.1) is 0 Å². The predicted molar refractivity (Wildman–Crippen MR) is 87.0 cm³/mol. The molecule has 7 heteroatoms. The summed E-state index contributed by atoms with van der Waals surface area (Å²) in [6, 6.07) is 6.57. The first-order valence-corrected chi connectivity index (χ1v) is 9.26. The normalized spacial score (nSPS) is 19.1. The maximum Gasteiger partial charge on any atom is 0.326 e. The molecule has 0 spiro atoms. The fourth-order valence-corrected chi connectivity index (χ4v) is 3.87. The Morgan fingerprint density at radius 3 is 2.64 bits per heavy atom. The Kier molecular flexibility index (Phi) is 6.14. The smallest absolute Gasteiger partial charge is 0.326 e. The van der Waals surface area contributed by atoms with Gasteiger partial charge in [-0.25, -0.2) is 4.79 Å². The fourth-order valence-electron chi connectivity index (χ4n) is 2.52. The molecule has 1 saturated heterocycles. The van der Waals surface area contributed by atoms with Crippen molar-refractivity contribution < 1.29 is 18.9 Å². The molecule has 1 unspecified atom stereocenters. The maximum atomic E-state index is 12.1. The number of rotatable bonds is 6. The molecule has 0 radical (unpaired) electrons. The van der Waals surface area contributed by atoms with Gasteiger partial charge in [-0.15, -0.1) is 0 Å². The number of nitrogens with zero attached hydrogens (tertiary/aromatic N) is 1. The zero-order valence-corrected chi connectivity index (χ0v) is 14.4.